The molecule has 0 aromatic heterocycles. The van der Waals surface area contributed by atoms with E-state index < -0.39 is 44.2 Å². The Balaban J connectivity index is 3.24. The van der Waals surface area contributed by atoms with Gasteiger partial charge in [-0.05, 0) is 32.4 Å². The quantitative estimate of drug-likeness (QED) is 0.847. The van der Waals surface area contributed by atoms with Crippen molar-refractivity contribution < 1.29 is 17.2 Å². The molecule has 0 atom stereocenters. The Morgan fingerprint density at radius 3 is 2.40 bits per heavy atom. The van der Waals surface area contributed by atoms with Crippen molar-refractivity contribution in [2.45, 2.75) is 50.6 Å². The van der Waals surface area contributed by atoms with Crippen molar-refractivity contribution in [3.8, 4) is 0 Å². The first-order valence-corrected chi connectivity index (χ1v) is 7.84. The first-order valence-electron chi connectivity index (χ1n) is 6.35. The number of benzene rings is 1. The molecule has 0 aliphatic heterocycles. The maximum Gasteiger partial charge on any atom is 0.243 e. The summed E-state index contributed by atoms with van der Waals surface area (Å²) in [7, 11) is -4.07. The molecule has 0 spiro atoms. The molecule has 0 aliphatic rings. The molecule has 0 amide bonds. The summed E-state index contributed by atoms with van der Waals surface area (Å²) in [6.07, 6.45) is 1.37. The molecule has 0 unspecified atom stereocenters. The van der Waals surface area contributed by atoms with Crippen LogP contribution in [0.4, 0.5) is 8.78 Å². The standard InChI is InChI=1S/C13H20F2N2O2S/c1-4-7-13(2,3)17-20(18,19)11-6-5-10(14)9(8-16)12(11)15/h5-6,17H,4,7-8,16H2,1-3H3. The summed E-state index contributed by atoms with van der Waals surface area (Å²) in [5, 5.41) is 0. The van der Waals surface area contributed by atoms with Gasteiger partial charge >= 0.3 is 0 Å². The van der Waals surface area contributed by atoms with Crippen molar-refractivity contribution in [3.63, 3.8) is 0 Å². The summed E-state index contributed by atoms with van der Waals surface area (Å²) in [6, 6.07) is 1.82. The van der Waals surface area contributed by atoms with E-state index in [-0.39, 0.29) is 0 Å². The molecule has 0 saturated heterocycles. The third-order valence-electron chi connectivity index (χ3n) is 2.93. The van der Waals surface area contributed by atoms with Crippen LogP contribution in [-0.4, -0.2) is 14.0 Å². The lowest BCUT2D eigenvalue weighted by atomic mass is 10.0. The molecule has 0 heterocycles. The second-order valence-corrected chi connectivity index (χ2v) is 6.93. The zero-order valence-corrected chi connectivity index (χ0v) is 12.7. The molecule has 4 nitrogen and oxygen atoms in total. The third kappa shape index (κ3) is 3.74. The molecule has 20 heavy (non-hydrogen) atoms. The average Bonchev–Trinajstić information content (AvgIpc) is 2.27. The van der Waals surface area contributed by atoms with E-state index in [4.69, 9.17) is 5.73 Å². The van der Waals surface area contributed by atoms with Crippen molar-refractivity contribution >= 4 is 10.0 Å². The third-order valence-corrected chi connectivity index (χ3v) is 4.65. The summed E-state index contributed by atoms with van der Waals surface area (Å²) in [5.41, 5.74) is 4.10. The van der Waals surface area contributed by atoms with Crippen molar-refractivity contribution in [2.75, 3.05) is 0 Å². The van der Waals surface area contributed by atoms with Crippen LogP contribution >= 0.6 is 0 Å². The van der Waals surface area contributed by atoms with E-state index in [0.29, 0.717) is 6.42 Å². The van der Waals surface area contributed by atoms with E-state index in [1.807, 2.05) is 6.92 Å². The van der Waals surface area contributed by atoms with Crippen LogP contribution in [0.15, 0.2) is 17.0 Å². The number of halogens is 2. The van der Waals surface area contributed by atoms with Gasteiger partial charge in [0.15, 0.2) is 5.82 Å². The maximum atomic E-state index is 14.1. The number of hydrogen-bond acceptors (Lipinski definition) is 3. The van der Waals surface area contributed by atoms with Crippen LogP contribution in [0.2, 0.25) is 0 Å². The van der Waals surface area contributed by atoms with Crippen LogP contribution in [0.1, 0.15) is 39.2 Å². The summed E-state index contributed by atoms with van der Waals surface area (Å²) in [4.78, 5) is -0.580. The van der Waals surface area contributed by atoms with Gasteiger partial charge < -0.3 is 5.73 Å². The van der Waals surface area contributed by atoms with Gasteiger partial charge in [-0.15, -0.1) is 0 Å². The zero-order chi connectivity index (χ0) is 15.6. The lowest BCUT2D eigenvalue weighted by Gasteiger charge is -2.25. The molecule has 3 N–H and O–H groups in total. The van der Waals surface area contributed by atoms with Crippen molar-refractivity contribution in [1.29, 1.82) is 0 Å². The highest BCUT2D eigenvalue weighted by Crippen LogP contribution is 2.23. The summed E-state index contributed by atoms with van der Waals surface area (Å²) >= 11 is 0. The first-order chi connectivity index (χ1) is 9.14. The largest absolute Gasteiger partial charge is 0.326 e. The van der Waals surface area contributed by atoms with Crippen LogP contribution < -0.4 is 10.5 Å². The Kier molecular flexibility index (Phi) is 5.23. The topological polar surface area (TPSA) is 72.2 Å². The second kappa shape index (κ2) is 6.15. The van der Waals surface area contributed by atoms with Gasteiger partial charge in [0.2, 0.25) is 10.0 Å². The monoisotopic (exact) mass is 306 g/mol. The molecule has 0 saturated carbocycles. The minimum atomic E-state index is -4.07. The summed E-state index contributed by atoms with van der Waals surface area (Å²) in [6.45, 7) is 4.93. The van der Waals surface area contributed by atoms with Gasteiger partial charge in [0.1, 0.15) is 10.7 Å². The summed E-state index contributed by atoms with van der Waals surface area (Å²) in [5.74, 6) is -1.98. The van der Waals surface area contributed by atoms with E-state index in [1.54, 1.807) is 13.8 Å². The second-order valence-electron chi connectivity index (χ2n) is 5.28. The molecule has 0 aliphatic carbocycles. The summed E-state index contributed by atoms with van der Waals surface area (Å²) < 4.78 is 54.2. The van der Waals surface area contributed by atoms with Gasteiger partial charge in [0.25, 0.3) is 0 Å². The first kappa shape index (κ1) is 17.0. The van der Waals surface area contributed by atoms with Gasteiger partial charge in [0.05, 0.1) is 0 Å². The molecule has 0 fully saturated rings. The number of nitrogens with two attached hydrogens (primary N) is 1. The van der Waals surface area contributed by atoms with Crippen LogP contribution in [-0.2, 0) is 16.6 Å². The number of hydrogen-bond donors (Lipinski definition) is 2. The average molecular weight is 306 g/mol. The van der Waals surface area contributed by atoms with Crippen molar-refractivity contribution in [2.24, 2.45) is 5.73 Å². The molecule has 0 bridgehead atoms. The lowest BCUT2D eigenvalue weighted by molar-refractivity contribution is 0.415. The highest BCUT2D eigenvalue weighted by molar-refractivity contribution is 7.89. The molecule has 7 heteroatoms. The molecule has 0 radical (unpaired) electrons. The predicted octanol–water partition coefficient (Wildman–Crippen LogP) is 2.28. The van der Waals surface area contributed by atoms with Gasteiger partial charge in [-0.3, -0.25) is 0 Å². The minimum absolute atomic E-state index is 0.403. The Morgan fingerprint density at radius 1 is 1.30 bits per heavy atom. The fourth-order valence-electron chi connectivity index (χ4n) is 2.07. The molecule has 1 rings (SSSR count). The fraction of sp³-hybridized carbons (Fsp3) is 0.538. The minimum Gasteiger partial charge on any atom is -0.326 e. The Morgan fingerprint density at radius 2 is 1.90 bits per heavy atom. The molecular formula is C13H20F2N2O2S. The van der Waals surface area contributed by atoms with Crippen molar-refractivity contribution in [3.05, 3.63) is 29.3 Å². The predicted molar refractivity (Wildman–Crippen MR) is 73.6 cm³/mol. The fourth-order valence-corrected chi connectivity index (χ4v) is 3.61. The van der Waals surface area contributed by atoms with Crippen LogP contribution in [0.3, 0.4) is 0 Å². The van der Waals surface area contributed by atoms with E-state index in [1.165, 1.54) is 0 Å². The van der Waals surface area contributed by atoms with Crippen molar-refractivity contribution in [1.82, 2.24) is 4.72 Å². The highest BCUT2D eigenvalue weighted by atomic mass is 32.2. The number of nitrogens with one attached hydrogen (secondary N) is 1. The van der Waals surface area contributed by atoms with Gasteiger partial charge in [0, 0.05) is 17.6 Å². The lowest BCUT2D eigenvalue weighted by Crippen LogP contribution is -2.43. The molecular weight excluding hydrogens is 286 g/mol. The smallest absolute Gasteiger partial charge is 0.243 e. The zero-order valence-electron chi connectivity index (χ0n) is 11.8. The Bertz CT molecular complexity index is 586. The van der Waals surface area contributed by atoms with E-state index in [0.717, 1.165) is 18.6 Å². The maximum absolute atomic E-state index is 14.1. The normalized spacial score (nSPS) is 12.7. The van der Waals surface area contributed by atoms with Crippen LogP contribution in [0, 0.1) is 11.6 Å². The van der Waals surface area contributed by atoms with Crippen LogP contribution in [0.25, 0.3) is 0 Å². The van der Waals surface area contributed by atoms with Gasteiger partial charge in [-0.1, -0.05) is 13.3 Å². The van der Waals surface area contributed by atoms with Gasteiger partial charge in [-0.2, -0.15) is 0 Å². The number of sulfonamides is 1. The molecule has 114 valence electrons. The van der Waals surface area contributed by atoms with Gasteiger partial charge in [-0.25, -0.2) is 21.9 Å². The Hall–Kier alpha value is -1.05. The van der Waals surface area contributed by atoms with E-state index in [9.17, 15) is 17.2 Å². The SMILES string of the molecule is CCCC(C)(C)NS(=O)(=O)c1ccc(F)c(CN)c1F. The Labute approximate surface area is 118 Å². The highest BCUT2D eigenvalue weighted by Gasteiger charge is 2.29. The molecule has 1 aromatic carbocycles. The molecule has 1 aromatic rings. The van der Waals surface area contributed by atoms with Crippen LogP contribution in [0.5, 0.6) is 0 Å². The van der Waals surface area contributed by atoms with E-state index >= 15 is 0 Å². The van der Waals surface area contributed by atoms with E-state index in [2.05, 4.69) is 4.72 Å². The number of rotatable bonds is 6.